The summed E-state index contributed by atoms with van der Waals surface area (Å²) in [4.78, 5) is 11.8. The van der Waals surface area contributed by atoms with E-state index >= 15 is 0 Å². The normalized spacial score (nSPS) is 11.8. The van der Waals surface area contributed by atoms with Crippen molar-refractivity contribution in [1.82, 2.24) is 0 Å². The Bertz CT molecular complexity index is 636. The van der Waals surface area contributed by atoms with Crippen LogP contribution < -0.4 is 15.8 Å². The van der Waals surface area contributed by atoms with E-state index in [1.807, 2.05) is 56.3 Å². The van der Waals surface area contributed by atoms with Crippen LogP contribution in [0.5, 0.6) is 5.75 Å². The summed E-state index contributed by atoms with van der Waals surface area (Å²) in [6, 6.07) is 12.9. The van der Waals surface area contributed by atoms with Crippen molar-refractivity contribution in [2.24, 2.45) is 5.73 Å². The molecule has 0 aliphatic heterocycles. The highest BCUT2D eigenvalue weighted by Gasteiger charge is 2.18. The van der Waals surface area contributed by atoms with Gasteiger partial charge >= 0.3 is 0 Å². The second-order valence-electron chi connectivity index (χ2n) is 5.07. The number of ether oxygens (including phenoxy) is 1. The summed E-state index contributed by atoms with van der Waals surface area (Å²) < 4.78 is 5.24. The maximum Gasteiger partial charge on any atom is 0.244 e. The number of benzene rings is 2. The number of carbonyl (C=O) groups is 1. The number of carbonyl (C=O) groups excluding carboxylic acids is 1. The number of rotatable bonds is 5. The first kappa shape index (κ1) is 14.9. The topological polar surface area (TPSA) is 64.3 Å². The number of hydrogen-bond acceptors (Lipinski definition) is 3. The lowest BCUT2D eigenvalue weighted by Gasteiger charge is -2.18. The van der Waals surface area contributed by atoms with E-state index in [2.05, 4.69) is 5.32 Å². The van der Waals surface area contributed by atoms with Gasteiger partial charge in [-0.15, -0.1) is 0 Å². The molecule has 0 heterocycles. The fourth-order valence-corrected chi connectivity index (χ4v) is 2.22. The molecule has 2 aromatic carbocycles. The zero-order valence-electron chi connectivity index (χ0n) is 12.5. The van der Waals surface area contributed by atoms with Gasteiger partial charge < -0.3 is 15.8 Å². The Kier molecular flexibility index (Phi) is 4.48. The van der Waals surface area contributed by atoms with E-state index in [1.165, 1.54) is 0 Å². The Balaban J connectivity index is 2.28. The molecule has 0 spiro atoms. The molecular formula is C17H20N2O2. The second kappa shape index (κ2) is 6.31. The molecule has 0 saturated carbocycles. The Labute approximate surface area is 124 Å². The molecule has 2 aromatic rings. The van der Waals surface area contributed by atoms with Crippen molar-refractivity contribution >= 4 is 11.6 Å². The van der Waals surface area contributed by atoms with Crippen LogP contribution in [-0.2, 0) is 4.79 Å². The van der Waals surface area contributed by atoms with Gasteiger partial charge in [0.2, 0.25) is 5.91 Å². The molecule has 2 rings (SSSR count). The largest absolute Gasteiger partial charge is 0.496 e. The average molecular weight is 284 g/mol. The van der Waals surface area contributed by atoms with Crippen LogP contribution in [0.15, 0.2) is 42.5 Å². The van der Waals surface area contributed by atoms with Crippen LogP contribution in [0.25, 0.3) is 0 Å². The molecule has 0 fully saturated rings. The minimum atomic E-state index is -0.572. The second-order valence-corrected chi connectivity index (χ2v) is 5.07. The van der Waals surface area contributed by atoms with Gasteiger partial charge in [0.15, 0.2) is 0 Å². The smallest absolute Gasteiger partial charge is 0.244 e. The molecule has 21 heavy (non-hydrogen) atoms. The van der Waals surface area contributed by atoms with Crippen LogP contribution in [0.2, 0.25) is 0 Å². The van der Waals surface area contributed by atoms with Crippen molar-refractivity contribution in [3.63, 3.8) is 0 Å². The summed E-state index contributed by atoms with van der Waals surface area (Å²) >= 11 is 0. The maximum absolute atomic E-state index is 11.8. The molecule has 0 aliphatic carbocycles. The highest BCUT2D eigenvalue weighted by molar-refractivity contribution is 5.84. The minimum absolute atomic E-state index is 0.417. The van der Waals surface area contributed by atoms with E-state index in [4.69, 9.17) is 10.5 Å². The molecule has 3 N–H and O–H groups in total. The standard InChI is InChI=1S/C17H20N2O2/c1-11-4-7-14(8-5-11)19-16(17(18)20)13-6-9-15(21-3)12(2)10-13/h4-10,16,19H,1-3H3,(H2,18,20). The fourth-order valence-electron chi connectivity index (χ4n) is 2.22. The zero-order valence-corrected chi connectivity index (χ0v) is 12.5. The summed E-state index contributed by atoms with van der Waals surface area (Å²) in [6.07, 6.45) is 0. The Morgan fingerprint density at radius 2 is 1.81 bits per heavy atom. The van der Waals surface area contributed by atoms with E-state index in [0.29, 0.717) is 0 Å². The molecule has 0 radical (unpaired) electrons. The van der Waals surface area contributed by atoms with Crippen molar-refractivity contribution in [1.29, 1.82) is 0 Å². The first-order valence-electron chi connectivity index (χ1n) is 6.78. The van der Waals surface area contributed by atoms with Crippen molar-refractivity contribution in [3.05, 3.63) is 59.2 Å². The van der Waals surface area contributed by atoms with Crippen LogP contribution in [0.1, 0.15) is 22.7 Å². The van der Waals surface area contributed by atoms with Crippen LogP contribution in [-0.4, -0.2) is 13.0 Å². The molecule has 1 unspecified atom stereocenters. The van der Waals surface area contributed by atoms with Crippen molar-refractivity contribution in [2.75, 3.05) is 12.4 Å². The van der Waals surface area contributed by atoms with Gasteiger partial charge in [-0.25, -0.2) is 0 Å². The maximum atomic E-state index is 11.8. The average Bonchev–Trinajstić information content (AvgIpc) is 2.46. The number of amides is 1. The minimum Gasteiger partial charge on any atom is -0.496 e. The number of nitrogens with one attached hydrogen (secondary N) is 1. The van der Waals surface area contributed by atoms with E-state index in [1.54, 1.807) is 7.11 Å². The van der Waals surface area contributed by atoms with Crippen LogP contribution in [0, 0.1) is 13.8 Å². The van der Waals surface area contributed by atoms with Gasteiger partial charge in [-0.3, -0.25) is 4.79 Å². The molecule has 0 saturated heterocycles. The summed E-state index contributed by atoms with van der Waals surface area (Å²) in [6.45, 7) is 3.95. The highest BCUT2D eigenvalue weighted by Crippen LogP contribution is 2.25. The summed E-state index contributed by atoms with van der Waals surface area (Å²) in [5.41, 5.74) is 9.34. The number of nitrogens with two attached hydrogens (primary N) is 1. The summed E-state index contributed by atoms with van der Waals surface area (Å²) in [5, 5.41) is 3.17. The lowest BCUT2D eigenvalue weighted by atomic mass is 10.0. The Morgan fingerprint density at radius 3 is 2.33 bits per heavy atom. The summed E-state index contributed by atoms with van der Waals surface area (Å²) in [7, 11) is 1.62. The van der Waals surface area contributed by atoms with Crippen LogP contribution >= 0.6 is 0 Å². The number of methoxy groups -OCH3 is 1. The molecule has 110 valence electrons. The van der Waals surface area contributed by atoms with E-state index in [0.717, 1.165) is 28.1 Å². The Morgan fingerprint density at radius 1 is 1.14 bits per heavy atom. The van der Waals surface area contributed by atoms with Gasteiger partial charge in [0.1, 0.15) is 11.8 Å². The van der Waals surface area contributed by atoms with Crippen molar-refractivity contribution < 1.29 is 9.53 Å². The molecular weight excluding hydrogens is 264 g/mol. The lowest BCUT2D eigenvalue weighted by Crippen LogP contribution is -2.27. The number of aryl methyl sites for hydroxylation is 2. The molecule has 0 aliphatic rings. The first-order valence-corrected chi connectivity index (χ1v) is 6.78. The summed E-state index contributed by atoms with van der Waals surface area (Å²) in [5.74, 6) is 0.373. The molecule has 1 amide bonds. The number of hydrogen-bond donors (Lipinski definition) is 2. The molecule has 4 heteroatoms. The first-order chi connectivity index (χ1) is 10.0. The Hall–Kier alpha value is -2.49. The third-order valence-corrected chi connectivity index (χ3v) is 3.40. The van der Waals surface area contributed by atoms with Crippen LogP contribution in [0.3, 0.4) is 0 Å². The third-order valence-electron chi connectivity index (χ3n) is 3.40. The predicted molar refractivity (Wildman–Crippen MR) is 84.5 cm³/mol. The molecule has 0 bridgehead atoms. The lowest BCUT2D eigenvalue weighted by molar-refractivity contribution is -0.118. The SMILES string of the molecule is COc1ccc(C(Nc2ccc(C)cc2)C(N)=O)cc1C. The monoisotopic (exact) mass is 284 g/mol. The van der Waals surface area contributed by atoms with Gasteiger partial charge in [0.05, 0.1) is 7.11 Å². The molecule has 1 atom stereocenters. The van der Waals surface area contributed by atoms with Gasteiger partial charge in [-0.1, -0.05) is 23.8 Å². The third kappa shape index (κ3) is 3.54. The quantitative estimate of drug-likeness (QED) is 0.887. The van der Waals surface area contributed by atoms with Gasteiger partial charge in [-0.2, -0.15) is 0 Å². The highest BCUT2D eigenvalue weighted by atomic mass is 16.5. The number of primary amides is 1. The van der Waals surface area contributed by atoms with Gasteiger partial charge in [0, 0.05) is 5.69 Å². The van der Waals surface area contributed by atoms with Crippen molar-refractivity contribution in [3.8, 4) is 5.75 Å². The van der Waals surface area contributed by atoms with Gasteiger partial charge in [0.25, 0.3) is 0 Å². The van der Waals surface area contributed by atoms with Gasteiger partial charge in [-0.05, 0) is 49.2 Å². The predicted octanol–water partition coefficient (Wildman–Crippen LogP) is 2.95. The van der Waals surface area contributed by atoms with E-state index < -0.39 is 11.9 Å². The molecule has 0 aromatic heterocycles. The van der Waals surface area contributed by atoms with Crippen LogP contribution in [0.4, 0.5) is 5.69 Å². The fraction of sp³-hybridized carbons (Fsp3) is 0.235. The number of anilines is 1. The molecule has 4 nitrogen and oxygen atoms in total. The zero-order chi connectivity index (χ0) is 15.4. The van der Waals surface area contributed by atoms with E-state index in [-0.39, 0.29) is 0 Å². The van der Waals surface area contributed by atoms with E-state index in [9.17, 15) is 4.79 Å². The van der Waals surface area contributed by atoms with Crippen molar-refractivity contribution in [2.45, 2.75) is 19.9 Å².